The van der Waals surface area contributed by atoms with Crippen LogP contribution >= 0.6 is 23.2 Å². The number of allylic oxidation sites excluding steroid dienone is 1. The maximum Gasteiger partial charge on any atom is 0.126 e. The molecule has 0 spiro atoms. The molecular formula is C9H8Cl2. The van der Waals surface area contributed by atoms with Crippen LogP contribution in [0.1, 0.15) is 5.56 Å². The minimum absolute atomic E-state index is 0.421. The zero-order chi connectivity index (χ0) is 8.10. The second-order valence-electron chi connectivity index (χ2n) is 2.10. The van der Waals surface area contributed by atoms with Crippen molar-refractivity contribution in [1.29, 1.82) is 0 Å². The van der Waals surface area contributed by atoms with Gasteiger partial charge in [-0.3, -0.25) is 0 Å². The Hall–Kier alpha value is -0.460. The van der Waals surface area contributed by atoms with Gasteiger partial charge in [-0.1, -0.05) is 42.5 Å². The van der Waals surface area contributed by atoms with Crippen molar-refractivity contribution in [3.8, 4) is 0 Å². The highest BCUT2D eigenvalue weighted by Gasteiger charge is 1.88. The summed E-state index contributed by atoms with van der Waals surface area (Å²) in [5.41, 5.74) is 1.11. The van der Waals surface area contributed by atoms with Crippen LogP contribution in [-0.4, -0.2) is 4.84 Å². The average Bonchev–Trinajstić information content (AvgIpc) is 2.03. The van der Waals surface area contributed by atoms with Gasteiger partial charge in [-0.25, -0.2) is 0 Å². The van der Waals surface area contributed by atoms with E-state index >= 15 is 0 Å². The molecule has 0 saturated carbocycles. The summed E-state index contributed by atoms with van der Waals surface area (Å²) in [6.07, 6.45) is 3.63. The van der Waals surface area contributed by atoms with Crippen LogP contribution in [-0.2, 0) is 0 Å². The van der Waals surface area contributed by atoms with Gasteiger partial charge in [0.2, 0.25) is 0 Å². The molecule has 0 heterocycles. The van der Waals surface area contributed by atoms with Gasteiger partial charge in [-0.15, -0.1) is 23.2 Å². The van der Waals surface area contributed by atoms with Gasteiger partial charge < -0.3 is 0 Å². The Morgan fingerprint density at radius 1 is 1.09 bits per heavy atom. The van der Waals surface area contributed by atoms with E-state index in [4.69, 9.17) is 23.2 Å². The molecule has 0 bridgehead atoms. The normalized spacial score (nSPS) is 11.2. The summed E-state index contributed by atoms with van der Waals surface area (Å²) < 4.78 is 0. The lowest BCUT2D eigenvalue weighted by atomic mass is 10.2. The maximum absolute atomic E-state index is 5.51. The van der Waals surface area contributed by atoms with Crippen LogP contribution in [0.15, 0.2) is 36.4 Å². The van der Waals surface area contributed by atoms with Crippen LogP contribution in [0, 0.1) is 0 Å². The summed E-state index contributed by atoms with van der Waals surface area (Å²) in [5, 5.41) is 0. The maximum atomic E-state index is 5.51. The van der Waals surface area contributed by atoms with E-state index in [1.54, 1.807) is 6.08 Å². The minimum Gasteiger partial charge on any atom is -0.101 e. The third-order valence-corrected chi connectivity index (χ3v) is 1.52. The molecule has 0 radical (unpaired) electrons. The quantitative estimate of drug-likeness (QED) is 0.621. The Morgan fingerprint density at radius 3 is 2.27 bits per heavy atom. The molecule has 0 aliphatic carbocycles. The topological polar surface area (TPSA) is 0 Å². The molecule has 0 N–H and O–H groups in total. The SMILES string of the molecule is ClC(Cl)/C=C\c1ccccc1. The van der Waals surface area contributed by atoms with E-state index in [9.17, 15) is 0 Å². The highest BCUT2D eigenvalue weighted by molar-refractivity contribution is 6.45. The lowest BCUT2D eigenvalue weighted by Crippen LogP contribution is -1.75. The lowest BCUT2D eigenvalue weighted by Gasteiger charge is -1.91. The Bertz CT molecular complexity index is 227. The smallest absolute Gasteiger partial charge is 0.101 e. The van der Waals surface area contributed by atoms with E-state index in [1.807, 2.05) is 36.4 Å². The predicted molar refractivity (Wildman–Crippen MR) is 51.0 cm³/mol. The van der Waals surface area contributed by atoms with Crippen molar-refractivity contribution in [2.75, 3.05) is 0 Å². The Morgan fingerprint density at radius 2 is 1.73 bits per heavy atom. The van der Waals surface area contributed by atoms with Crippen molar-refractivity contribution in [3.63, 3.8) is 0 Å². The first-order valence-corrected chi connectivity index (χ1v) is 4.18. The number of halogens is 2. The van der Waals surface area contributed by atoms with Crippen molar-refractivity contribution in [3.05, 3.63) is 42.0 Å². The zero-order valence-corrected chi connectivity index (χ0v) is 7.39. The van der Waals surface area contributed by atoms with Crippen molar-refractivity contribution < 1.29 is 0 Å². The summed E-state index contributed by atoms with van der Waals surface area (Å²) in [6.45, 7) is 0. The molecule has 0 aliphatic rings. The van der Waals surface area contributed by atoms with E-state index in [1.165, 1.54) is 0 Å². The second-order valence-corrected chi connectivity index (χ2v) is 3.27. The van der Waals surface area contributed by atoms with E-state index in [0.717, 1.165) is 5.56 Å². The number of rotatable bonds is 2. The molecule has 1 aromatic rings. The number of alkyl halides is 2. The van der Waals surface area contributed by atoms with Gasteiger partial charge in [0.1, 0.15) is 4.84 Å². The van der Waals surface area contributed by atoms with Gasteiger partial charge in [0.25, 0.3) is 0 Å². The molecule has 0 atom stereocenters. The second kappa shape index (κ2) is 4.42. The molecule has 0 unspecified atom stereocenters. The first-order valence-electron chi connectivity index (χ1n) is 3.30. The van der Waals surface area contributed by atoms with Gasteiger partial charge >= 0.3 is 0 Å². The molecule has 0 aliphatic heterocycles. The van der Waals surface area contributed by atoms with E-state index in [0.29, 0.717) is 0 Å². The van der Waals surface area contributed by atoms with Gasteiger partial charge in [0.15, 0.2) is 0 Å². The van der Waals surface area contributed by atoms with Gasteiger partial charge in [-0.2, -0.15) is 0 Å². The molecular weight excluding hydrogens is 179 g/mol. The van der Waals surface area contributed by atoms with Crippen LogP contribution < -0.4 is 0 Å². The Kier molecular flexibility index (Phi) is 3.47. The van der Waals surface area contributed by atoms with Crippen LogP contribution in [0.5, 0.6) is 0 Å². The van der Waals surface area contributed by atoms with Crippen LogP contribution in [0.3, 0.4) is 0 Å². The van der Waals surface area contributed by atoms with Crippen molar-refractivity contribution in [2.24, 2.45) is 0 Å². The zero-order valence-electron chi connectivity index (χ0n) is 5.87. The number of hydrogen-bond donors (Lipinski definition) is 0. The van der Waals surface area contributed by atoms with E-state index < -0.39 is 4.84 Å². The molecule has 58 valence electrons. The summed E-state index contributed by atoms with van der Waals surface area (Å²) >= 11 is 11.0. The third-order valence-electron chi connectivity index (χ3n) is 1.23. The molecule has 1 aromatic carbocycles. The summed E-state index contributed by atoms with van der Waals surface area (Å²) in [4.78, 5) is -0.421. The first-order chi connectivity index (χ1) is 5.29. The van der Waals surface area contributed by atoms with Gasteiger partial charge in [0, 0.05) is 0 Å². The van der Waals surface area contributed by atoms with Gasteiger partial charge in [-0.05, 0) is 5.56 Å². The summed E-state index contributed by atoms with van der Waals surface area (Å²) in [6, 6.07) is 9.89. The first kappa shape index (κ1) is 8.63. The monoisotopic (exact) mass is 186 g/mol. The lowest BCUT2D eigenvalue weighted by molar-refractivity contribution is 1.60. The Labute approximate surface area is 76.4 Å². The van der Waals surface area contributed by atoms with E-state index in [-0.39, 0.29) is 0 Å². The van der Waals surface area contributed by atoms with Gasteiger partial charge in [0.05, 0.1) is 0 Å². The standard InChI is InChI=1S/C9H8Cl2/c10-9(11)7-6-8-4-2-1-3-5-8/h1-7,9H/b7-6-. The molecule has 0 fully saturated rings. The third kappa shape index (κ3) is 3.45. The van der Waals surface area contributed by atoms with Crippen LogP contribution in [0.25, 0.3) is 6.08 Å². The minimum atomic E-state index is -0.421. The average molecular weight is 187 g/mol. The molecule has 1 rings (SSSR count). The summed E-state index contributed by atoms with van der Waals surface area (Å²) in [5.74, 6) is 0. The Balaban J connectivity index is 2.65. The fraction of sp³-hybridized carbons (Fsp3) is 0.111. The van der Waals surface area contributed by atoms with E-state index in [2.05, 4.69) is 0 Å². The van der Waals surface area contributed by atoms with Crippen molar-refractivity contribution in [2.45, 2.75) is 4.84 Å². The van der Waals surface area contributed by atoms with Crippen LogP contribution in [0.2, 0.25) is 0 Å². The largest absolute Gasteiger partial charge is 0.126 e. The molecule has 0 saturated heterocycles. The highest BCUT2D eigenvalue weighted by Crippen LogP contribution is 2.07. The molecule has 0 nitrogen and oxygen atoms in total. The van der Waals surface area contributed by atoms with Crippen molar-refractivity contribution >= 4 is 29.3 Å². The molecule has 0 aromatic heterocycles. The highest BCUT2D eigenvalue weighted by atomic mass is 35.5. The summed E-state index contributed by atoms with van der Waals surface area (Å²) in [7, 11) is 0. The number of hydrogen-bond acceptors (Lipinski definition) is 0. The number of benzene rings is 1. The van der Waals surface area contributed by atoms with Crippen molar-refractivity contribution in [1.82, 2.24) is 0 Å². The molecule has 11 heavy (non-hydrogen) atoms. The molecule has 2 heteroatoms. The molecule has 0 amide bonds. The predicted octanol–water partition coefficient (Wildman–Crippen LogP) is 3.50. The fourth-order valence-corrected chi connectivity index (χ4v) is 0.893. The van der Waals surface area contributed by atoms with Crippen LogP contribution in [0.4, 0.5) is 0 Å². The fourth-order valence-electron chi connectivity index (χ4n) is 0.748.